The smallest absolute Gasteiger partial charge is 0.242 e. The topological polar surface area (TPSA) is 80.0 Å². The van der Waals surface area contributed by atoms with E-state index in [2.05, 4.69) is 20.8 Å². The van der Waals surface area contributed by atoms with Gasteiger partial charge in [0.2, 0.25) is 17.7 Å². The molecule has 6 nitrogen and oxygen atoms in total. The average Bonchev–Trinajstić information content (AvgIpc) is 2.86. The molecule has 2 N–H and O–H groups in total. The summed E-state index contributed by atoms with van der Waals surface area (Å²) >= 11 is 0. The Morgan fingerprint density at radius 2 is 1.90 bits per heavy atom. The van der Waals surface area contributed by atoms with E-state index >= 15 is 0 Å². The van der Waals surface area contributed by atoms with Crippen LogP contribution >= 0.6 is 0 Å². The molecule has 1 amide bonds. The lowest BCUT2D eigenvalue weighted by Crippen LogP contribution is -2.37. The number of para-hydroxylation sites is 1. The van der Waals surface area contributed by atoms with E-state index in [4.69, 9.17) is 4.42 Å². The van der Waals surface area contributed by atoms with Crippen molar-refractivity contribution in [3.8, 4) is 0 Å². The summed E-state index contributed by atoms with van der Waals surface area (Å²) in [6.07, 6.45) is 0. The zero-order valence-corrected chi connectivity index (χ0v) is 12.7. The van der Waals surface area contributed by atoms with Gasteiger partial charge in [-0.1, -0.05) is 18.2 Å². The molecule has 112 valence electrons. The molecule has 0 spiro atoms. The van der Waals surface area contributed by atoms with Crippen LogP contribution in [-0.2, 0) is 11.3 Å². The number of benzene rings is 1. The molecule has 0 radical (unpaired) electrons. The van der Waals surface area contributed by atoms with Crippen molar-refractivity contribution < 1.29 is 9.21 Å². The molecule has 1 aromatic carbocycles. The Balaban J connectivity index is 1.93. The van der Waals surface area contributed by atoms with Gasteiger partial charge in [-0.15, -0.1) is 10.2 Å². The summed E-state index contributed by atoms with van der Waals surface area (Å²) in [5.41, 5.74) is 3.22. The number of rotatable bonds is 5. The summed E-state index contributed by atoms with van der Waals surface area (Å²) in [5.74, 6) is 0.773. The van der Waals surface area contributed by atoms with E-state index < -0.39 is 0 Å². The van der Waals surface area contributed by atoms with Crippen LogP contribution in [0.3, 0.4) is 0 Å². The van der Waals surface area contributed by atoms with Crippen LogP contribution in [0.25, 0.3) is 0 Å². The van der Waals surface area contributed by atoms with Gasteiger partial charge in [-0.25, -0.2) is 0 Å². The Hall–Kier alpha value is -2.37. The predicted octanol–water partition coefficient (Wildman–Crippen LogP) is 2.11. The molecule has 2 rings (SSSR count). The maximum Gasteiger partial charge on any atom is 0.242 e. The van der Waals surface area contributed by atoms with E-state index in [1.54, 1.807) is 6.92 Å². The minimum Gasteiger partial charge on any atom is -0.424 e. The SMILES string of the molecule is Cc1nnc(CNC(=O)C(C)Nc2c(C)cccc2C)o1. The van der Waals surface area contributed by atoms with E-state index in [0.717, 1.165) is 16.8 Å². The highest BCUT2D eigenvalue weighted by Crippen LogP contribution is 2.20. The van der Waals surface area contributed by atoms with Crippen molar-refractivity contribution in [3.05, 3.63) is 41.1 Å². The first-order valence-electron chi connectivity index (χ1n) is 6.87. The summed E-state index contributed by atoms with van der Waals surface area (Å²) < 4.78 is 5.21. The summed E-state index contributed by atoms with van der Waals surface area (Å²) in [6.45, 7) is 7.80. The Morgan fingerprint density at radius 3 is 2.48 bits per heavy atom. The molecule has 0 aliphatic carbocycles. The molecular weight excluding hydrogens is 268 g/mol. The predicted molar refractivity (Wildman–Crippen MR) is 79.9 cm³/mol. The summed E-state index contributed by atoms with van der Waals surface area (Å²) in [6, 6.07) is 5.68. The number of aromatic nitrogens is 2. The van der Waals surface area contributed by atoms with Gasteiger partial charge in [0, 0.05) is 12.6 Å². The van der Waals surface area contributed by atoms with E-state index in [0.29, 0.717) is 11.8 Å². The van der Waals surface area contributed by atoms with Crippen molar-refractivity contribution in [1.82, 2.24) is 15.5 Å². The van der Waals surface area contributed by atoms with Crippen molar-refractivity contribution in [2.24, 2.45) is 0 Å². The fraction of sp³-hybridized carbons (Fsp3) is 0.400. The Labute approximate surface area is 124 Å². The van der Waals surface area contributed by atoms with Gasteiger partial charge in [-0.05, 0) is 31.9 Å². The number of carbonyl (C=O) groups is 1. The summed E-state index contributed by atoms with van der Waals surface area (Å²) in [5, 5.41) is 13.6. The molecule has 2 aromatic rings. The fourth-order valence-corrected chi connectivity index (χ4v) is 2.05. The minimum absolute atomic E-state index is 0.117. The van der Waals surface area contributed by atoms with Crippen molar-refractivity contribution >= 4 is 11.6 Å². The van der Waals surface area contributed by atoms with Gasteiger partial charge in [-0.3, -0.25) is 4.79 Å². The van der Waals surface area contributed by atoms with Gasteiger partial charge >= 0.3 is 0 Å². The van der Waals surface area contributed by atoms with E-state index in [1.807, 2.05) is 39.0 Å². The number of aryl methyl sites for hydroxylation is 3. The van der Waals surface area contributed by atoms with Crippen LogP contribution in [0.5, 0.6) is 0 Å². The second-order valence-corrected chi connectivity index (χ2v) is 5.07. The van der Waals surface area contributed by atoms with E-state index in [1.165, 1.54) is 0 Å². The van der Waals surface area contributed by atoms with Gasteiger partial charge in [0.25, 0.3) is 0 Å². The van der Waals surface area contributed by atoms with Gasteiger partial charge < -0.3 is 15.1 Å². The first-order valence-corrected chi connectivity index (χ1v) is 6.87. The number of hydrogen-bond acceptors (Lipinski definition) is 5. The van der Waals surface area contributed by atoms with Crippen LogP contribution < -0.4 is 10.6 Å². The van der Waals surface area contributed by atoms with Crippen LogP contribution in [0.2, 0.25) is 0 Å². The third-order valence-corrected chi connectivity index (χ3v) is 3.22. The molecule has 21 heavy (non-hydrogen) atoms. The van der Waals surface area contributed by atoms with Crippen LogP contribution in [-0.4, -0.2) is 22.1 Å². The Morgan fingerprint density at radius 1 is 1.24 bits per heavy atom. The third-order valence-electron chi connectivity index (χ3n) is 3.22. The molecule has 1 aromatic heterocycles. The quantitative estimate of drug-likeness (QED) is 0.881. The van der Waals surface area contributed by atoms with Crippen LogP contribution in [0.1, 0.15) is 29.8 Å². The Bertz CT molecular complexity index is 616. The minimum atomic E-state index is -0.353. The summed E-state index contributed by atoms with van der Waals surface area (Å²) in [7, 11) is 0. The molecule has 0 fully saturated rings. The highest BCUT2D eigenvalue weighted by molar-refractivity contribution is 5.84. The van der Waals surface area contributed by atoms with Crippen molar-refractivity contribution in [2.45, 2.75) is 40.3 Å². The molecule has 1 atom stereocenters. The lowest BCUT2D eigenvalue weighted by molar-refractivity contribution is -0.121. The maximum absolute atomic E-state index is 12.1. The maximum atomic E-state index is 12.1. The van der Waals surface area contributed by atoms with Crippen molar-refractivity contribution in [2.75, 3.05) is 5.32 Å². The molecule has 0 bridgehead atoms. The molecule has 1 unspecified atom stereocenters. The lowest BCUT2D eigenvalue weighted by Gasteiger charge is -2.18. The Kier molecular flexibility index (Phi) is 4.57. The highest BCUT2D eigenvalue weighted by Gasteiger charge is 2.15. The molecule has 6 heteroatoms. The van der Waals surface area contributed by atoms with Gasteiger partial charge in [0.05, 0.1) is 6.54 Å². The van der Waals surface area contributed by atoms with Gasteiger partial charge in [-0.2, -0.15) is 0 Å². The summed E-state index contributed by atoms with van der Waals surface area (Å²) in [4.78, 5) is 12.1. The average molecular weight is 288 g/mol. The van der Waals surface area contributed by atoms with E-state index in [9.17, 15) is 4.79 Å². The van der Waals surface area contributed by atoms with Crippen LogP contribution in [0, 0.1) is 20.8 Å². The number of nitrogens with zero attached hydrogens (tertiary/aromatic N) is 2. The zero-order valence-electron chi connectivity index (χ0n) is 12.7. The second kappa shape index (κ2) is 6.39. The first kappa shape index (κ1) is 15.0. The highest BCUT2D eigenvalue weighted by atomic mass is 16.4. The molecule has 0 saturated carbocycles. The molecule has 0 saturated heterocycles. The van der Waals surface area contributed by atoms with Crippen LogP contribution in [0.4, 0.5) is 5.69 Å². The lowest BCUT2D eigenvalue weighted by atomic mass is 10.1. The van der Waals surface area contributed by atoms with E-state index in [-0.39, 0.29) is 18.5 Å². The first-order chi connectivity index (χ1) is 9.97. The third kappa shape index (κ3) is 3.81. The number of carbonyl (C=O) groups excluding carboxylic acids is 1. The largest absolute Gasteiger partial charge is 0.424 e. The number of hydrogen-bond donors (Lipinski definition) is 2. The second-order valence-electron chi connectivity index (χ2n) is 5.07. The number of nitrogens with one attached hydrogen (secondary N) is 2. The van der Waals surface area contributed by atoms with Crippen molar-refractivity contribution in [3.63, 3.8) is 0 Å². The molecule has 0 aliphatic heterocycles. The standard InChI is InChI=1S/C15H20N4O2/c1-9-6-5-7-10(2)14(9)17-11(3)15(20)16-8-13-19-18-12(4)21-13/h5-7,11,17H,8H2,1-4H3,(H,16,20). The van der Waals surface area contributed by atoms with Crippen LogP contribution in [0.15, 0.2) is 22.6 Å². The zero-order chi connectivity index (χ0) is 15.4. The fourth-order valence-electron chi connectivity index (χ4n) is 2.05. The van der Waals surface area contributed by atoms with Gasteiger partial charge in [0.15, 0.2) is 0 Å². The number of anilines is 1. The van der Waals surface area contributed by atoms with Gasteiger partial charge in [0.1, 0.15) is 6.04 Å². The molecule has 1 heterocycles. The monoisotopic (exact) mass is 288 g/mol. The van der Waals surface area contributed by atoms with Crippen molar-refractivity contribution in [1.29, 1.82) is 0 Å². The molecular formula is C15H20N4O2. The molecule has 0 aliphatic rings. The number of amides is 1. The normalized spacial score (nSPS) is 12.0.